The van der Waals surface area contributed by atoms with Crippen LogP contribution in [0.1, 0.15) is 13.3 Å². The maximum absolute atomic E-state index is 11.3. The van der Waals surface area contributed by atoms with Crippen LogP contribution in [0.2, 0.25) is 0 Å². The minimum atomic E-state index is -0.407. The van der Waals surface area contributed by atoms with Gasteiger partial charge in [0, 0.05) is 6.07 Å². The van der Waals surface area contributed by atoms with Crippen molar-refractivity contribution in [1.29, 1.82) is 0 Å². The lowest BCUT2D eigenvalue weighted by Crippen LogP contribution is -2.37. The number of hydrazine groups is 1. The van der Waals surface area contributed by atoms with Gasteiger partial charge >= 0.3 is 0 Å². The zero-order chi connectivity index (χ0) is 12.1. The van der Waals surface area contributed by atoms with Gasteiger partial charge in [-0.05, 0) is 6.42 Å². The highest BCUT2D eigenvalue weighted by Gasteiger charge is 2.18. The number of H-pyrrole nitrogens is 1. The van der Waals surface area contributed by atoms with Crippen molar-refractivity contribution in [3.05, 3.63) is 16.4 Å². The van der Waals surface area contributed by atoms with Crippen molar-refractivity contribution in [3.8, 4) is 0 Å². The van der Waals surface area contributed by atoms with Gasteiger partial charge in [0.05, 0.1) is 5.25 Å². The molecule has 0 saturated heterocycles. The van der Waals surface area contributed by atoms with E-state index in [0.29, 0.717) is 11.6 Å². The molecule has 1 aromatic rings. The van der Waals surface area contributed by atoms with E-state index in [1.165, 1.54) is 6.07 Å². The quantitative estimate of drug-likeness (QED) is 0.180. The number of thioether (sulfide) groups is 1. The molecule has 0 spiro atoms. The molecule has 1 heterocycles. The Hall–Kier alpha value is -1.54. The van der Waals surface area contributed by atoms with E-state index in [-0.39, 0.29) is 17.3 Å². The van der Waals surface area contributed by atoms with Crippen molar-refractivity contribution >= 4 is 23.5 Å². The van der Waals surface area contributed by atoms with E-state index < -0.39 is 5.25 Å². The van der Waals surface area contributed by atoms with Crippen LogP contribution < -0.4 is 22.6 Å². The van der Waals surface area contributed by atoms with E-state index in [9.17, 15) is 9.59 Å². The Bertz CT molecular complexity index is 433. The smallest absolute Gasteiger partial charge is 0.253 e. The molecule has 0 aliphatic heterocycles. The fraction of sp³-hybridized carbons (Fsp3) is 0.375. The topological polar surface area (TPSA) is 127 Å². The van der Waals surface area contributed by atoms with Crippen molar-refractivity contribution < 1.29 is 4.79 Å². The number of carbonyl (C=O) groups is 1. The van der Waals surface area contributed by atoms with Crippen molar-refractivity contribution in [2.45, 2.75) is 23.8 Å². The molecule has 0 bridgehead atoms. The summed E-state index contributed by atoms with van der Waals surface area (Å²) in [6.45, 7) is 1.83. The third kappa shape index (κ3) is 3.24. The number of rotatable bonds is 4. The largest absolute Gasteiger partial charge is 0.383 e. The van der Waals surface area contributed by atoms with Crippen LogP contribution in [0.25, 0.3) is 0 Å². The molecule has 0 aliphatic carbocycles. The second kappa shape index (κ2) is 5.52. The molecule has 8 heteroatoms. The molecular weight excluding hydrogens is 230 g/mol. The Morgan fingerprint density at radius 2 is 2.44 bits per heavy atom. The van der Waals surface area contributed by atoms with Crippen LogP contribution in [0.5, 0.6) is 0 Å². The van der Waals surface area contributed by atoms with Crippen LogP contribution in [0, 0.1) is 0 Å². The molecule has 1 rings (SSSR count). The maximum Gasteiger partial charge on any atom is 0.253 e. The first-order valence-electron chi connectivity index (χ1n) is 4.60. The molecule has 0 fully saturated rings. The fourth-order valence-corrected chi connectivity index (χ4v) is 1.99. The van der Waals surface area contributed by atoms with Crippen molar-refractivity contribution in [3.63, 3.8) is 0 Å². The first-order valence-corrected chi connectivity index (χ1v) is 5.48. The van der Waals surface area contributed by atoms with Gasteiger partial charge in [-0.3, -0.25) is 15.0 Å². The highest BCUT2D eigenvalue weighted by molar-refractivity contribution is 8.00. The molecule has 1 atom stereocenters. The summed E-state index contributed by atoms with van der Waals surface area (Å²) >= 11 is 1.11. The summed E-state index contributed by atoms with van der Waals surface area (Å²) in [6, 6.07) is 1.17. The van der Waals surface area contributed by atoms with Crippen LogP contribution in [0.3, 0.4) is 0 Å². The molecule has 6 N–H and O–H groups in total. The van der Waals surface area contributed by atoms with E-state index in [1.807, 2.05) is 6.92 Å². The number of nitrogens with two attached hydrogens (primary N) is 2. The van der Waals surface area contributed by atoms with Gasteiger partial charge in [0.2, 0.25) is 5.91 Å². The third-order valence-corrected chi connectivity index (χ3v) is 3.05. The molecule has 1 unspecified atom stereocenters. The molecule has 0 saturated carbocycles. The normalized spacial score (nSPS) is 12.1. The standard InChI is InChI=1S/C8H13N5O2S/c1-2-4(7(15)13-10)16-8-11-5(9)3-6(14)12-8/h3-4H,2,10H2,1H3,(H,13,15)(H3,9,11,12,14). The monoisotopic (exact) mass is 243 g/mol. The van der Waals surface area contributed by atoms with Gasteiger partial charge in [-0.25, -0.2) is 10.8 Å². The summed E-state index contributed by atoms with van der Waals surface area (Å²) in [4.78, 5) is 28.8. The van der Waals surface area contributed by atoms with E-state index in [1.54, 1.807) is 0 Å². The van der Waals surface area contributed by atoms with Crippen LogP contribution in [0.15, 0.2) is 16.0 Å². The van der Waals surface area contributed by atoms with Crippen LogP contribution in [0.4, 0.5) is 5.82 Å². The first-order chi connectivity index (χ1) is 7.56. The third-order valence-electron chi connectivity index (χ3n) is 1.80. The Labute approximate surface area is 96.0 Å². The number of nitrogens with one attached hydrogen (secondary N) is 2. The maximum atomic E-state index is 11.3. The molecule has 16 heavy (non-hydrogen) atoms. The highest BCUT2D eigenvalue weighted by Crippen LogP contribution is 2.21. The number of hydrogen-bond acceptors (Lipinski definition) is 6. The lowest BCUT2D eigenvalue weighted by atomic mass is 10.3. The lowest BCUT2D eigenvalue weighted by Gasteiger charge is -2.11. The summed E-state index contributed by atoms with van der Waals surface area (Å²) in [7, 11) is 0. The van der Waals surface area contributed by atoms with E-state index in [0.717, 1.165) is 11.8 Å². The van der Waals surface area contributed by atoms with E-state index in [4.69, 9.17) is 11.6 Å². The zero-order valence-corrected chi connectivity index (χ0v) is 9.50. The molecule has 0 radical (unpaired) electrons. The van der Waals surface area contributed by atoms with Crippen LogP contribution >= 0.6 is 11.8 Å². The van der Waals surface area contributed by atoms with Gasteiger partial charge in [-0.1, -0.05) is 18.7 Å². The van der Waals surface area contributed by atoms with E-state index >= 15 is 0 Å². The number of aromatic nitrogens is 2. The predicted molar refractivity (Wildman–Crippen MR) is 61.5 cm³/mol. The minimum absolute atomic E-state index is 0.120. The number of anilines is 1. The fourth-order valence-electron chi connectivity index (χ4n) is 1.06. The molecule has 1 amide bonds. The summed E-state index contributed by atoms with van der Waals surface area (Å²) < 4.78 is 0. The molecular formula is C8H13N5O2S. The average Bonchev–Trinajstić information content (AvgIpc) is 2.23. The summed E-state index contributed by atoms with van der Waals surface area (Å²) in [5.74, 6) is 4.83. The Morgan fingerprint density at radius 3 is 2.94 bits per heavy atom. The van der Waals surface area contributed by atoms with E-state index in [2.05, 4.69) is 15.4 Å². The number of nitrogen functional groups attached to an aromatic ring is 1. The molecule has 88 valence electrons. The summed E-state index contributed by atoms with van der Waals surface area (Å²) in [5, 5.41) is -0.101. The van der Waals surface area contributed by atoms with Crippen LogP contribution in [-0.4, -0.2) is 21.1 Å². The summed E-state index contributed by atoms with van der Waals surface area (Å²) in [6.07, 6.45) is 0.562. The lowest BCUT2D eigenvalue weighted by molar-refractivity contribution is -0.120. The highest BCUT2D eigenvalue weighted by atomic mass is 32.2. The number of nitrogens with zero attached hydrogens (tertiary/aromatic N) is 1. The SMILES string of the molecule is CCC(Sc1nc(N)cc(=O)[nH]1)C(=O)NN. The molecule has 0 aromatic carbocycles. The molecule has 0 aliphatic rings. The van der Waals surface area contributed by atoms with Gasteiger partial charge in [0.25, 0.3) is 5.56 Å². The second-order valence-electron chi connectivity index (χ2n) is 3.00. The van der Waals surface area contributed by atoms with Crippen molar-refractivity contribution in [1.82, 2.24) is 15.4 Å². The minimum Gasteiger partial charge on any atom is -0.383 e. The second-order valence-corrected chi connectivity index (χ2v) is 4.19. The number of hydrogen-bond donors (Lipinski definition) is 4. The van der Waals surface area contributed by atoms with Crippen molar-refractivity contribution in [2.24, 2.45) is 5.84 Å². The Balaban J connectivity index is 2.85. The van der Waals surface area contributed by atoms with Gasteiger partial charge < -0.3 is 10.7 Å². The Kier molecular flexibility index (Phi) is 4.32. The average molecular weight is 243 g/mol. The van der Waals surface area contributed by atoms with Gasteiger partial charge in [0.1, 0.15) is 5.82 Å². The summed E-state index contributed by atoms with van der Waals surface area (Å²) in [5.41, 5.74) is 7.12. The predicted octanol–water partition coefficient (Wildman–Crippen LogP) is -0.787. The molecule has 7 nitrogen and oxygen atoms in total. The first kappa shape index (κ1) is 12.5. The van der Waals surface area contributed by atoms with Gasteiger partial charge in [-0.2, -0.15) is 0 Å². The number of amides is 1. The van der Waals surface area contributed by atoms with Crippen LogP contribution in [-0.2, 0) is 4.79 Å². The van der Waals surface area contributed by atoms with Gasteiger partial charge in [-0.15, -0.1) is 0 Å². The number of carbonyl (C=O) groups excluding carboxylic acids is 1. The molecule has 1 aromatic heterocycles. The Morgan fingerprint density at radius 1 is 1.75 bits per heavy atom. The number of aromatic amines is 1. The zero-order valence-electron chi connectivity index (χ0n) is 8.69. The van der Waals surface area contributed by atoms with Gasteiger partial charge in [0.15, 0.2) is 5.16 Å². The van der Waals surface area contributed by atoms with Crippen molar-refractivity contribution in [2.75, 3.05) is 5.73 Å².